The molecule has 1 aromatic carbocycles. The normalized spacial score (nSPS) is 10.4. The molecule has 0 aliphatic rings. The number of carbonyl (C=O) groups excluding carboxylic acids is 1. The summed E-state index contributed by atoms with van der Waals surface area (Å²) in [5.41, 5.74) is 1.03. The van der Waals surface area contributed by atoms with Crippen LogP contribution in [0.1, 0.15) is 11.4 Å². The number of hydrogen-bond donors (Lipinski definition) is 1. The zero-order valence-corrected chi connectivity index (χ0v) is 9.74. The van der Waals surface area contributed by atoms with E-state index in [1.165, 1.54) is 0 Å². The summed E-state index contributed by atoms with van der Waals surface area (Å²) in [5, 5.41) is 17.0. The number of carbonyl (C=O) groups is 1. The quantitative estimate of drug-likeness (QED) is 0.789. The van der Waals surface area contributed by atoms with E-state index in [0.29, 0.717) is 17.1 Å². The lowest BCUT2D eigenvalue weighted by Gasteiger charge is -2.07. The number of aromatic amines is 1. The summed E-state index contributed by atoms with van der Waals surface area (Å²) in [6.45, 7) is 0.499. The topological polar surface area (TPSA) is 73.7 Å². The average Bonchev–Trinajstić information content (AvgIpc) is 2.62. The second kappa shape index (κ2) is 4.92. The minimum absolute atomic E-state index is 0.250. The van der Waals surface area contributed by atoms with Crippen LogP contribution in [-0.4, -0.2) is 20.7 Å². The van der Waals surface area contributed by atoms with Gasteiger partial charge in [0, 0.05) is 12.4 Å². The SMILES string of the molecule is O=C([O-])Cc1n[nH]c(=S)n1Cc1ccccc1. The van der Waals surface area contributed by atoms with Gasteiger partial charge in [-0.1, -0.05) is 30.3 Å². The number of rotatable bonds is 4. The van der Waals surface area contributed by atoms with Crippen molar-refractivity contribution in [2.75, 3.05) is 0 Å². The van der Waals surface area contributed by atoms with Gasteiger partial charge >= 0.3 is 0 Å². The Hall–Kier alpha value is -1.95. The number of hydrogen-bond acceptors (Lipinski definition) is 4. The molecule has 0 saturated heterocycles. The van der Waals surface area contributed by atoms with Gasteiger partial charge in [-0.15, -0.1) is 0 Å². The fourth-order valence-corrected chi connectivity index (χ4v) is 1.76. The Morgan fingerprint density at radius 3 is 2.76 bits per heavy atom. The van der Waals surface area contributed by atoms with Gasteiger partial charge in [-0.2, -0.15) is 5.10 Å². The van der Waals surface area contributed by atoms with E-state index in [1.54, 1.807) is 4.57 Å². The highest BCUT2D eigenvalue weighted by Crippen LogP contribution is 2.06. The molecule has 0 saturated carbocycles. The first-order chi connectivity index (χ1) is 8.16. The van der Waals surface area contributed by atoms with E-state index in [-0.39, 0.29) is 6.42 Å². The highest BCUT2D eigenvalue weighted by Gasteiger charge is 2.06. The van der Waals surface area contributed by atoms with Crippen molar-refractivity contribution in [3.63, 3.8) is 0 Å². The number of nitrogens with zero attached hydrogens (tertiary/aromatic N) is 2. The first kappa shape index (κ1) is 11.5. The van der Waals surface area contributed by atoms with Crippen molar-refractivity contribution >= 4 is 18.2 Å². The lowest BCUT2D eigenvalue weighted by atomic mass is 10.2. The zero-order valence-electron chi connectivity index (χ0n) is 8.92. The Kier molecular flexibility index (Phi) is 3.34. The molecule has 0 aliphatic heterocycles. The van der Waals surface area contributed by atoms with Gasteiger partial charge in [0.05, 0.1) is 6.54 Å². The van der Waals surface area contributed by atoms with Crippen molar-refractivity contribution in [1.29, 1.82) is 0 Å². The first-order valence-electron chi connectivity index (χ1n) is 5.04. The monoisotopic (exact) mass is 248 g/mol. The standard InChI is InChI=1S/C11H11N3O2S/c15-10(16)6-9-12-13-11(17)14(9)7-8-4-2-1-3-5-8/h1-5H,6-7H2,(H,13,17)(H,15,16)/p-1. The van der Waals surface area contributed by atoms with Crippen LogP contribution in [0, 0.1) is 4.77 Å². The molecule has 0 spiro atoms. The number of aliphatic carboxylic acids is 1. The molecule has 0 aliphatic carbocycles. The second-order valence-corrected chi connectivity index (χ2v) is 3.95. The molecule has 0 fully saturated rings. The highest BCUT2D eigenvalue weighted by atomic mass is 32.1. The molecule has 0 amide bonds. The van der Waals surface area contributed by atoms with Crippen LogP contribution in [0.5, 0.6) is 0 Å². The molecule has 1 heterocycles. The van der Waals surface area contributed by atoms with Crippen LogP contribution in [0.15, 0.2) is 30.3 Å². The molecular weight excluding hydrogens is 238 g/mol. The molecule has 0 radical (unpaired) electrons. The lowest BCUT2D eigenvalue weighted by Crippen LogP contribution is -2.26. The van der Waals surface area contributed by atoms with E-state index in [9.17, 15) is 9.90 Å². The van der Waals surface area contributed by atoms with Crippen LogP contribution >= 0.6 is 12.2 Å². The number of nitrogens with one attached hydrogen (secondary N) is 1. The van der Waals surface area contributed by atoms with Gasteiger partial charge < -0.3 is 9.90 Å². The molecule has 5 nitrogen and oxygen atoms in total. The Labute approximate surface area is 103 Å². The summed E-state index contributed by atoms with van der Waals surface area (Å²) >= 11 is 5.06. The Balaban J connectivity index is 2.29. The smallest absolute Gasteiger partial charge is 0.195 e. The second-order valence-electron chi connectivity index (χ2n) is 3.57. The van der Waals surface area contributed by atoms with E-state index in [4.69, 9.17) is 12.2 Å². The third-order valence-corrected chi connectivity index (χ3v) is 2.63. The van der Waals surface area contributed by atoms with Crippen LogP contribution in [0.4, 0.5) is 0 Å². The zero-order chi connectivity index (χ0) is 12.3. The molecule has 1 N–H and O–H groups in total. The molecule has 1 aromatic heterocycles. The number of H-pyrrole nitrogens is 1. The minimum Gasteiger partial charge on any atom is -0.550 e. The van der Waals surface area contributed by atoms with Crippen molar-refractivity contribution in [2.24, 2.45) is 0 Å². The van der Waals surface area contributed by atoms with Crippen molar-refractivity contribution < 1.29 is 9.90 Å². The van der Waals surface area contributed by atoms with Gasteiger partial charge in [-0.3, -0.25) is 9.67 Å². The van der Waals surface area contributed by atoms with Crippen LogP contribution in [0.3, 0.4) is 0 Å². The van der Waals surface area contributed by atoms with E-state index in [2.05, 4.69) is 10.2 Å². The van der Waals surface area contributed by atoms with Gasteiger partial charge in [0.25, 0.3) is 0 Å². The maximum absolute atomic E-state index is 10.6. The van der Waals surface area contributed by atoms with Crippen LogP contribution in [0.25, 0.3) is 0 Å². The average molecular weight is 248 g/mol. The third-order valence-electron chi connectivity index (χ3n) is 2.32. The Bertz CT molecular complexity index is 574. The molecule has 88 valence electrons. The third kappa shape index (κ3) is 2.79. The van der Waals surface area contributed by atoms with Gasteiger partial charge in [-0.25, -0.2) is 0 Å². The predicted octanol–water partition coefficient (Wildman–Crippen LogP) is 0.281. The van der Waals surface area contributed by atoms with Gasteiger partial charge in [0.15, 0.2) is 4.77 Å². The predicted molar refractivity (Wildman–Crippen MR) is 61.7 cm³/mol. The summed E-state index contributed by atoms with van der Waals surface area (Å²) in [7, 11) is 0. The summed E-state index contributed by atoms with van der Waals surface area (Å²) in [6, 6.07) is 9.63. The maximum atomic E-state index is 10.6. The molecule has 17 heavy (non-hydrogen) atoms. The summed E-state index contributed by atoms with van der Waals surface area (Å²) in [4.78, 5) is 10.6. The van der Waals surface area contributed by atoms with E-state index < -0.39 is 5.97 Å². The number of benzene rings is 1. The van der Waals surface area contributed by atoms with E-state index in [0.717, 1.165) is 5.56 Å². The summed E-state index contributed by atoms with van der Waals surface area (Å²) < 4.78 is 2.06. The van der Waals surface area contributed by atoms with Crippen LogP contribution in [-0.2, 0) is 17.8 Å². The van der Waals surface area contributed by atoms with Crippen molar-refractivity contribution in [1.82, 2.24) is 14.8 Å². The first-order valence-corrected chi connectivity index (χ1v) is 5.45. The number of carboxylic acids is 1. The molecule has 0 bridgehead atoms. The highest BCUT2D eigenvalue weighted by molar-refractivity contribution is 7.71. The molecule has 6 heteroatoms. The van der Waals surface area contributed by atoms with Gasteiger partial charge in [-0.05, 0) is 17.8 Å². The molecular formula is C11H10N3O2S-. The fraction of sp³-hybridized carbons (Fsp3) is 0.182. The summed E-state index contributed by atoms with van der Waals surface area (Å²) in [6.07, 6.45) is -0.250. The summed E-state index contributed by atoms with van der Waals surface area (Å²) in [5.74, 6) is -0.799. The number of aromatic nitrogens is 3. The van der Waals surface area contributed by atoms with E-state index in [1.807, 2.05) is 30.3 Å². The molecule has 2 rings (SSSR count). The van der Waals surface area contributed by atoms with Crippen LogP contribution in [0.2, 0.25) is 0 Å². The Morgan fingerprint density at radius 1 is 1.41 bits per heavy atom. The fourth-order valence-electron chi connectivity index (χ4n) is 1.54. The minimum atomic E-state index is -1.17. The van der Waals surface area contributed by atoms with Crippen LogP contribution < -0.4 is 5.11 Å². The lowest BCUT2D eigenvalue weighted by molar-refractivity contribution is -0.304. The van der Waals surface area contributed by atoms with Crippen molar-refractivity contribution in [3.8, 4) is 0 Å². The number of carboxylic acid groups (broad SMARTS) is 1. The van der Waals surface area contributed by atoms with Gasteiger partial charge in [0.2, 0.25) is 0 Å². The Morgan fingerprint density at radius 2 is 2.12 bits per heavy atom. The maximum Gasteiger partial charge on any atom is 0.195 e. The van der Waals surface area contributed by atoms with Gasteiger partial charge in [0.1, 0.15) is 5.82 Å². The molecule has 0 unspecified atom stereocenters. The largest absolute Gasteiger partial charge is 0.550 e. The van der Waals surface area contributed by atoms with E-state index >= 15 is 0 Å². The molecule has 0 atom stereocenters. The molecule has 2 aromatic rings. The van der Waals surface area contributed by atoms with Crippen molar-refractivity contribution in [2.45, 2.75) is 13.0 Å². The van der Waals surface area contributed by atoms with Crippen molar-refractivity contribution in [3.05, 3.63) is 46.5 Å².